The van der Waals surface area contributed by atoms with E-state index in [1.807, 2.05) is 51.1 Å². The SMILES string of the molecule is CC(C)(C)OC(=O)N(Cc1ccc(C(=O)NN)cc1)c1ccccc1. The number of anilines is 1. The number of rotatable bonds is 4. The molecule has 0 unspecified atom stereocenters. The third-order valence-electron chi connectivity index (χ3n) is 3.37. The van der Waals surface area contributed by atoms with E-state index in [0.717, 1.165) is 11.3 Å². The summed E-state index contributed by atoms with van der Waals surface area (Å²) in [7, 11) is 0. The summed E-state index contributed by atoms with van der Waals surface area (Å²) in [5.74, 6) is 4.77. The van der Waals surface area contributed by atoms with E-state index in [0.29, 0.717) is 12.1 Å². The highest BCUT2D eigenvalue weighted by Crippen LogP contribution is 2.21. The summed E-state index contributed by atoms with van der Waals surface area (Å²) in [5, 5.41) is 0. The van der Waals surface area contributed by atoms with Crippen LogP contribution in [0.25, 0.3) is 0 Å². The summed E-state index contributed by atoms with van der Waals surface area (Å²) >= 11 is 0. The van der Waals surface area contributed by atoms with Crippen molar-refractivity contribution < 1.29 is 14.3 Å². The van der Waals surface area contributed by atoms with E-state index in [2.05, 4.69) is 5.43 Å². The fourth-order valence-electron chi connectivity index (χ4n) is 2.21. The molecule has 0 bridgehead atoms. The summed E-state index contributed by atoms with van der Waals surface area (Å²) in [4.78, 5) is 25.7. The monoisotopic (exact) mass is 341 g/mol. The zero-order chi connectivity index (χ0) is 18.4. The van der Waals surface area contributed by atoms with Gasteiger partial charge in [-0.1, -0.05) is 30.3 Å². The topological polar surface area (TPSA) is 84.7 Å². The van der Waals surface area contributed by atoms with Gasteiger partial charge in [-0.15, -0.1) is 0 Å². The van der Waals surface area contributed by atoms with Crippen molar-refractivity contribution in [2.75, 3.05) is 4.90 Å². The summed E-state index contributed by atoms with van der Waals surface area (Å²) in [6.45, 7) is 5.81. The van der Waals surface area contributed by atoms with Gasteiger partial charge in [-0.25, -0.2) is 10.6 Å². The summed E-state index contributed by atoms with van der Waals surface area (Å²) < 4.78 is 5.51. The molecule has 0 heterocycles. The lowest BCUT2D eigenvalue weighted by atomic mass is 10.1. The molecule has 132 valence electrons. The second-order valence-corrected chi connectivity index (χ2v) is 6.57. The van der Waals surface area contributed by atoms with Gasteiger partial charge < -0.3 is 4.74 Å². The standard InChI is InChI=1S/C19H23N3O3/c1-19(2,3)25-18(24)22(16-7-5-4-6-8-16)13-14-9-11-15(12-10-14)17(23)21-20/h4-12H,13,20H2,1-3H3,(H,21,23). The van der Waals surface area contributed by atoms with E-state index >= 15 is 0 Å². The van der Waals surface area contributed by atoms with Crippen molar-refractivity contribution in [3.05, 3.63) is 65.7 Å². The van der Waals surface area contributed by atoms with Crippen LogP contribution in [0.2, 0.25) is 0 Å². The van der Waals surface area contributed by atoms with Crippen molar-refractivity contribution in [1.82, 2.24) is 5.43 Å². The molecule has 6 heteroatoms. The van der Waals surface area contributed by atoms with Gasteiger partial charge in [0.05, 0.1) is 6.54 Å². The van der Waals surface area contributed by atoms with Crippen molar-refractivity contribution in [3.8, 4) is 0 Å². The molecular weight excluding hydrogens is 318 g/mol. The van der Waals surface area contributed by atoms with Gasteiger partial charge in [0, 0.05) is 11.3 Å². The smallest absolute Gasteiger partial charge is 0.415 e. The Morgan fingerprint density at radius 2 is 1.64 bits per heavy atom. The van der Waals surface area contributed by atoms with E-state index in [9.17, 15) is 9.59 Å². The van der Waals surface area contributed by atoms with Gasteiger partial charge in [0.2, 0.25) is 0 Å². The fraction of sp³-hybridized carbons (Fsp3) is 0.263. The minimum absolute atomic E-state index is 0.323. The number of amides is 2. The Hall–Kier alpha value is -2.86. The number of nitrogens with one attached hydrogen (secondary N) is 1. The first-order chi connectivity index (χ1) is 11.8. The van der Waals surface area contributed by atoms with E-state index in [-0.39, 0.29) is 5.91 Å². The number of ether oxygens (including phenoxy) is 1. The van der Waals surface area contributed by atoms with Crippen LogP contribution in [0.1, 0.15) is 36.7 Å². The highest BCUT2D eigenvalue weighted by molar-refractivity contribution is 5.93. The molecule has 3 N–H and O–H groups in total. The van der Waals surface area contributed by atoms with Crippen LogP contribution in [0, 0.1) is 0 Å². The van der Waals surface area contributed by atoms with Gasteiger partial charge in [0.25, 0.3) is 5.91 Å². The van der Waals surface area contributed by atoms with Crippen LogP contribution in [0.15, 0.2) is 54.6 Å². The number of carbonyl (C=O) groups is 2. The van der Waals surface area contributed by atoms with Gasteiger partial charge in [-0.05, 0) is 50.6 Å². The molecule has 6 nitrogen and oxygen atoms in total. The second-order valence-electron chi connectivity index (χ2n) is 6.57. The summed E-state index contributed by atoms with van der Waals surface area (Å²) in [5.41, 5.74) is 3.55. The van der Waals surface area contributed by atoms with Gasteiger partial charge in [0.15, 0.2) is 0 Å². The molecule has 0 atom stereocenters. The first-order valence-corrected chi connectivity index (χ1v) is 7.95. The first kappa shape index (κ1) is 18.5. The lowest BCUT2D eigenvalue weighted by Gasteiger charge is -2.27. The molecule has 2 amide bonds. The molecule has 0 aliphatic carbocycles. The summed E-state index contributed by atoms with van der Waals surface area (Å²) in [6, 6.07) is 16.2. The molecule has 0 aliphatic heterocycles. The predicted molar refractivity (Wildman–Crippen MR) is 97.0 cm³/mol. The van der Waals surface area contributed by atoms with Gasteiger partial charge in [-0.3, -0.25) is 15.1 Å². The molecule has 0 aromatic heterocycles. The van der Waals surface area contributed by atoms with E-state index in [1.54, 1.807) is 29.2 Å². The molecule has 0 fully saturated rings. The number of carbonyl (C=O) groups excluding carboxylic acids is 2. The van der Waals surface area contributed by atoms with E-state index < -0.39 is 11.7 Å². The Kier molecular flexibility index (Phi) is 5.77. The molecule has 0 saturated heterocycles. The van der Waals surface area contributed by atoms with Gasteiger partial charge >= 0.3 is 6.09 Å². The van der Waals surface area contributed by atoms with Crippen LogP contribution < -0.4 is 16.2 Å². The lowest BCUT2D eigenvalue weighted by Crippen LogP contribution is -2.36. The van der Waals surface area contributed by atoms with Crippen molar-refractivity contribution in [1.29, 1.82) is 0 Å². The largest absolute Gasteiger partial charge is 0.443 e. The molecule has 0 saturated carbocycles. The van der Waals surface area contributed by atoms with Crippen molar-refractivity contribution in [2.24, 2.45) is 5.84 Å². The molecule has 25 heavy (non-hydrogen) atoms. The van der Waals surface area contributed by atoms with E-state index in [1.165, 1.54) is 0 Å². The fourth-order valence-corrected chi connectivity index (χ4v) is 2.21. The average Bonchev–Trinajstić information content (AvgIpc) is 2.58. The molecule has 2 aromatic rings. The second kappa shape index (κ2) is 7.81. The number of nitrogens with zero attached hydrogens (tertiary/aromatic N) is 1. The Bertz CT molecular complexity index is 722. The maximum absolute atomic E-state index is 12.6. The quantitative estimate of drug-likeness (QED) is 0.508. The molecule has 0 radical (unpaired) electrons. The number of nitrogens with two attached hydrogens (primary N) is 1. The van der Waals surface area contributed by atoms with E-state index in [4.69, 9.17) is 10.6 Å². The molecule has 2 aromatic carbocycles. The van der Waals surface area contributed by atoms with Crippen molar-refractivity contribution >= 4 is 17.7 Å². The highest BCUT2D eigenvalue weighted by atomic mass is 16.6. The van der Waals surface area contributed by atoms with Gasteiger partial charge in [0.1, 0.15) is 5.60 Å². The molecular formula is C19H23N3O3. The molecule has 2 rings (SSSR count). The Morgan fingerprint density at radius 3 is 2.16 bits per heavy atom. The molecule has 0 aliphatic rings. The maximum atomic E-state index is 12.6. The van der Waals surface area contributed by atoms with Crippen LogP contribution >= 0.6 is 0 Å². The maximum Gasteiger partial charge on any atom is 0.415 e. The van der Waals surface area contributed by atoms with Crippen LogP contribution in [0.3, 0.4) is 0 Å². The predicted octanol–water partition coefficient (Wildman–Crippen LogP) is 3.23. The number of hydrazine groups is 1. The van der Waals surface area contributed by atoms with Crippen LogP contribution in [0.5, 0.6) is 0 Å². The normalized spacial score (nSPS) is 10.9. The zero-order valence-corrected chi connectivity index (χ0v) is 14.7. The number of nitrogen functional groups attached to an aromatic ring is 1. The van der Waals surface area contributed by atoms with Crippen molar-refractivity contribution in [2.45, 2.75) is 32.9 Å². The minimum atomic E-state index is -0.590. The zero-order valence-electron chi connectivity index (χ0n) is 14.7. The third-order valence-corrected chi connectivity index (χ3v) is 3.37. The highest BCUT2D eigenvalue weighted by Gasteiger charge is 2.23. The van der Waals surface area contributed by atoms with Crippen LogP contribution in [0.4, 0.5) is 10.5 Å². The lowest BCUT2D eigenvalue weighted by molar-refractivity contribution is 0.0577. The molecule has 0 spiro atoms. The Morgan fingerprint density at radius 1 is 1.04 bits per heavy atom. The minimum Gasteiger partial charge on any atom is -0.443 e. The summed E-state index contributed by atoms with van der Waals surface area (Å²) in [6.07, 6.45) is -0.428. The van der Waals surface area contributed by atoms with Crippen LogP contribution in [-0.4, -0.2) is 17.6 Å². The first-order valence-electron chi connectivity index (χ1n) is 7.95. The number of hydrogen-bond acceptors (Lipinski definition) is 4. The number of benzene rings is 2. The number of hydrogen-bond donors (Lipinski definition) is 2. The average molecular weight is 341 g/mol. The Labute approximate surface area is 147 Å². The third kappa shape index (κ3) is 5.32. The van der Waals surface area contributed by atoms with Crippen LogP contribution in [-0.2, 0) is 11.3 Å². The van der Waals surface area contributed by atoms with Crippen molar-refractivity contribution in [3.63, 3.8) is 0 Å². The number of para-hydroxylation sites is 1. The van der Waals surface area contributed by atoms with Gasteiger partial charge in [-0.2, -0.15) is 0 Å². The Balaban J connectivity index is 2.24.